The molecular formula is C58H39NO. The molecule has 0 spiro atoms. The van der Waals surface area contributed by atoms with Crippen LogP contribution < -0.4 is 4.90 Å². The minimum atomic E-state index is 0.848. The topological polar surface area (TPSA) is 16.4 Å². The van der Waals surface area contributed by atoms with Gasteiger partial charge in [-0.3, -0.25) is 0 Å². The van der Waals surface area contributed by atoms with E-state index in [-0.39, 0.29) is 0 Å². The maximum atomic E-state index is 6.78. The Kier molecular flexibility index (Phi) is 8.87. The van der Waals surface area contributed by atoms with Crippen molar-refractivity contribution >= 4 is 49.8 Å². The Labute approximate surface area is 349 Å². The van der Waals surface area contributed by atoms with Crippen LogP contribution in [0.5, 0.6) is 0 Å². The van der Waals surface area contributed by atoms with Gasteiger partial charge in [0.25, 0.3) is 0 Å². The summed E-state index contributed by atoms with van der Waals surface area (Å²) in [5.41, 5.74) is 16.5. The van der Waals surface area contributed by atoms with Gasteiger partial charge in [0.1, 0.15) is 5.58 Å². The summed E-state index contributed by atoms with van der Waals surface area (Å²) in [6, 6.07) is 84.9. The number of fused-ring (bicyclic) bond motifs is 4. The van der Waals surface area contributed by atoms with Crippen molar-refractivity contribution in [2.24, 2.45) is 0 Å². The van der Waals surface area contributed by atoms with E-state index in [2.05, 4.69) is 235 Å². The lowest BCUT2D eigenvalue weighted by atomic mass is 9.86. The van der Waals surface area contributed by atoms with Crippen LogP contribution in [0, 0.1) is 0 Å². The SMILES string of the molecule is c1ccc(-c2ccc(-c3ccccc3N(c3ccc(-c4cccc5ccccc45)cc3)c3cccc4c3oc3ccccc34)c(-c3ccccc3-c3ccccc3)c2)cc1. The standard InChI is InChI=1S/C58H39NO/c1-3-17-40(18-4-1)44-35-38-50(54(39-44)49-25-10-9-24-48(49)41-19-5-2-6-20-41)51-26-11-13-30-55(51)59(56-31-16-29-53-52-27-12-14-32-57(52)60-58(53)56)45-36-33-43(34-37-45)47-28-15-22-42-21-7-8-23-46(42)47/h1-39H. The lowest BCUT2D eigenvalue weighted by Crippen LogP contribution is -2.11. The molecule has 0 radical (unpaired) electrons. The van der Waals surface area contributed by atoms with Crippen molar-refractivity contribution in [1.82, 2.24) is 0 Å². The normalized spacial score (nSPS) is 11.3. The lowest BCUT2D eigenvalue weighted by Gasteiger charge is -2.29. The quantitative estimate of drug-likeness (QED) is 0.153. The first-order chi connectivity index (χ1) is 29.8. The molecule has 11 aromatic rings. The number of hydrogen-bond donors (Lipinski definition) is 0. The van der Waals surface area contributed by atoms with Crippen LogP contribution >= 0.6 is 0 Å². The molecule has 0 bridgehead atoms. The lowest BCUT2D eigenvalue weighted by molar-refractivity contribution is 0.669. The molecule has 1 heterocycles. The molecule has 0 atom stereocenters. The summed E-state index contributed by atoms with van der Waals surface area (Å²) in [7, 11) is 0. The molecule has 10 aromatic carbocycles. The van der Waals surface area contributed by atoms with Gasteiger partial charge in [0.05, 0.1) is 11.4 Å². The van der Waals surface area contributed by atoms with E-state index in [4.69, 9.17) is 4.42 Å². The molecule has 0 N–H and O–H groups in total. The van der Waals surface area contributed by atoms with Crippen LogP contribution in [0.4, 0.5) is 17.1 Å². The van der Waals surface area contributed by atoms with Gasteiger partial charge >= 0.3 is 0 Å². The molecule has 1 aromatic heterocycles. The Bertz CT molecular complexity index is 3300. The highest BCUT2D eigenvalue weighted by molar-refractivity contribution is 6.11. The Hall–Kier alpha value is -7.94. The Morgan fingerprint density at radius 3 is 1.63 bits per heavy atom. The molecule has 60 heavy (non-hydrogen) atoms. The van der Waals surface area contributed by atoms with E-state index in [1.807, 2.05) is 6.07 Å². The van der Waals surface area contributed by atoms with Crippen molar-refractivity contribution in [2.75, 3.05) is 4.90 Å². The van der Waals surface area contributed by atoms with Gasteiger partial charge in [-0.15, -0.1) is 0 Å². The number of rotatable bonds is 8. The molecular weight excluding hydrogens is 727 g/mol. The summed E-state index contributed by atoms with van der Waals surface area (Å²) in [5.74, 6) is 0. The van der Waals surface area contributed by atoms with E-state index in [9.17, 15) is 0 Å². The minimum absolute atomic E-state index is 0.848. The molecule has 0 unspecified atom stereocenters. The molecule has 11 rings (SSSR count). The zero-order chi connectivity index (χ0) is 39.8. The van der Waals surface area contributed by atoms with Gasteiger partial charge < -0.3 is 9.32 Å². The van der Waals surface area contributed by atoms with Crippen LogP contribution in [0.2, 0.25) is 0 Å². The smallest absolute Gasteiger partial charge is 0.159 e. The summed E-state index contributed by atoms with van der Waals surface area (Å²) in [6.45, 7) is 0. The minimum Gasteiger partial charge on any atom is -0.454 e. The van der Waals surface area contributed by atoms with Gasteiger partial charge in [-0.05, 0) is 97.2 Å². The highest BCUT2D eigenvalue weighted by atomic mass is 16.3. The van der Waals surface area contributed by atoms with E-state index in [1.165, 1.54) is 49.7 Å². The Balaban J connectivity index is 1.15. The molecule has 0 amide bonds. The van der Waals surface area contributed by atoms with Crippen LogP contribution in [-0.2, 0) is 0 Å². The number of nitrogens with zero attached hydrogens (tertiary/aromatic N) is 1. The van der Waals surface area contributed by atoms with E-state index in [0.717, 1.165) is 55.7 Å². The second kappa shape index (κ2) is 15.1. The summed E-state index contributed by atoms with van der Waals surface area (Å²) in [4.78, 5) is 2.38. The summed E-state index contributed by atoms with van der Waals surface area (Å²) in [6.07, 6.45) is 0. The molecule has 0 aliphatic carbocycles. The predicted molar refractivity (Wildman–Crippen MR) is 253 cm³/mol. The second-order valence-corrected chi connectivity index (χ2v) is 15.2. The first kappa shape index (κ1) is 35.2. The van der Waals surface area contributed by atoms with Gasteiger partial charge in [0, 0.05) is 22.0 Å². The average molecular weight is 766 g/mol. The highest BCUT2D eigenvalue weighted by Gasteiger charge is 2.24. The van der Waals surface area contributed by atoms with Crippen molar-refractivity contribution in [3.8, 4) is 55.6 Å². The third kappa shape index (κ3) is 6.23. The van der Waals surface area contributed by atoms with Crippen LogP contribution in [0.1, 0.15) is 0 Å². The highest BCUT2D eigenvalue weighted by Crippen LogP contribution is 2.48. The zero-order valence-electron chi connectivity index (χ0n) is 32.9. The summed E-state index contributed by atoms with van der Waals surface area (Å²) < 4.78 is 6.78. The zero-order valence-corrected chi connectivity index (χ0v) is 32.9. The average Bonchev–Trinajstić information content (AvgIpc) is 3.72. The molecule has 2 heteroatoms. The van der Waals surface area contributed by atoms with E-state index in [0.29, 0.717) is 0 Å². The van der Waals surface area contributed by atoms with Gasteiger partial charge in [0.2, 0.25) is 0 Å². The van der Waals surface area contributed by atoms with Gasteiger partial charge in [0.15, 0.2) is 5.58 Å². The summed E-state index contributed by atoms with van der Waals surface area (Å²) in [5, 5.41) is 4.66. The van der Waals surface area contributed by atoms with Gasteiger partial charge in [-0.25, -0.2) is 0 Å². The number of furan rings is 1. The fourth-order valence-corrected chi connectivity index (χ4v) is 8.88. The summed E-state index contributed by atoms with van der Waals surface area (Å²) >= 11 is 0. The number of hydrogen-bond acceptors (Lipinski definition) is 2. The van der Waals surface area contributed by atoms with Crippen molar-refractivity contribution in [2.45, 2.75) is 0 Å². The fraction of sp³-hybridized carbons (Fsp3) is 0. The number of para-hydroxylation sites is 3. The van der Waals surface area contributed by atoms with Crippen molar-refractivity contribution < 1.29 is 4.42 Å². The Morgan fingerprint density at radius 1 is 0.283 bits per heavy atom. The third-order valence-corrected chi connectivity index (χ3v) is 11.7. The van der Waals surface area contributed by atoms with E-state index in [1.54, 1.807) is 0 Å². The first-order valence-corrected chi connectivity index (χ1v) is 20.5. The van der Waals surface area contributed by atoms with Gasteiger partial charge in [-0.2, -0.15) is 0 Å². The maximum Gasteiger partial charge on any atom is 0.159 e. The molecule has 0 saturated heterocycles. The van der Waals surface area contributed by atoms with Crippen molar-refractivity contribution in [3.63, 3.8) is 0 Å². The monoisotopic (exact) mass is 765 g/mol. The molecule has 282 valence electrons. The van der Waals surface area contributed by atoms with E-state index >= 15 is 0 Å². The predicted octanol–water partition coefficient (Wildman–Crippen LogP) is 16.5. The van der Waals surface area contributed by atoms with E-state index < -0.39 is 0 Å². The first-order valence-electron chi connectivity index (χ1n) is 20.5. The molecule has 0 saturated carbocycles. The van der Waals surface area contributed by atoms with Crippen molar-refractivity contribution in [3.05, 3.63) is 237 Å². The molecule has 2 nitrogen and oxygen atoms in total. The molecule has 0 aliphatic rings. The van der Waals surface area contributed by atoms with Crippen molar-refractivity contribution in [1.29, 1.82) is 0 Å². The van der Waals surface area contributed by atoms with Crippen LogP contribution in [0.3, 0.4) is 0 Å². The van der Waals surface area contributed by atoms with Crippen LogP contribution in [-0.4, -0.2) is 0 Å². The Morgan fingerprint density at radius 2 is 0.817 bits per heavy atom. The maximum absolute atomic E-state index is 6.78. The number of anilines is 3. The fourth-order valence-electron chi connectivity index (χ4n) is 8.88. The number of benzene rings is 10. The third-order valence-electron chi connectivity index (χ3n) is 11.7. The van der Waals surface area contributed by atoms with Gasteiger partial charge in [-0.1, -0.05) is 200 Å². The molecule has 0 fully saturated rings. The second-order valence-electron chi connectivity index (χ2n) is 15.2. The largest absolute Gasteiger partial charge is 0.454 e. The van der Waals surface area contributed by atoms with Crippen LogP contribution in [0.15, 0.2) is 241 Å². The molecule has 0 aliphatic heterocycles. The van der Waals surface area contributed by atoms with Crippen LogP contribution in [0.25, 0.3) is 88.3 Å².